The van der Waals surface area contributed by atoms with Gasteiger partial charge in [-0.15, -0.1) is 0 Å². The van der Waals surface area contributed by atoms with Crippen molar-refractivity contribution < 1.29 is 0 Å². The van der Waals surface area contributed by atoms with Crippen LogP contribution in [0.3, 0.4) is 0 Å². The molecule has 2 aliphatic carbocycles. The molecule has 0 aromatic rings. The Labute approximate surface area is 81.7 Å². The summed E-state index contributed by atoms with van der Waals surface area (Å²) in [6.07, 6.45) is 7.05. The van der Waals surface area contributed by atoms with Gasteiger partial charge < -0.3 is 10.2 Å². The topological polar surface area (TPSA) is 15.3 Å². The number of hydrogen-bond donors (Lipinski definition) is 1. The molecule has 2 heteroatoms. The van der Waals surface area contributed by atoms with Crippen LogP contribution in [0.25, 0.3) is 0 Å². The Morgan fingerprint density at radius 2 is 1.85 bits per heavy atom. The van der Waals surface area contributed by atoms with E-state index in [0.717, 1.165) is 24.7 Å². The van der Waals surface area contributed by atoms with Crippen LogP contribution in [-0.2, 0) is 0 Å². The molecule has 2 nitrogen and oxygen atoms in total. The molecule has 0 spiro atoms. The largest absolute Gasteiger partial charge is 0.314 e. The second-order valence-electron chi connectivity index (χ2n) is 4.62. The van der Waals surface area contributed by atoms with E-state index in [1.807, 2.05) is 0 Å². The number of nitrogens with one attached hydrogen (secondary N) is 1. The molecule has 1 N–H and O–H groups in total. The molecule has 0 aromatic heterocycles. The normalized spacial score (nSPS) is 34.4. The van der Waals surface area contributed by atoms with Gasteiger partial charge in [-0.05, 0) is 45.7 Å². The fourth-order valence-electron chi connectivity index (χ4n) is 2.58. The molecule has 76 valence electrons. The third-order valence-corrected chi connectivity index (χ3v) is 3.60. The fraction of sp³-hybridized carbons (Fsp3) is 1.00. The Morgan fingerprint density at radius 1 is 1.15 bits per heavy atom. The highest BCUT2D eigenvalue weighted by Gasteiger charge is 2.34. The highest BCUT2D eigenvalue weighted by molar-refractivity contribution is 4.92. The van der Waals surface area contributed by atoms with Crippen molar-refractivity contribution in [2.75, 3.05) is 13.6 Å². The quantitative estimate of drug-likeness (QED) is 0.710. The van der Waals surface area contributed by atoms with Crippen LogP contribution in [0.4, 0.5) is 0 Å². The predicted molar refractivity (Wildman–Crippen MR) is 55.9 cm³/mol. The summed E-state index contributed by atoms with van der Waals surface area (Å²) in [4.78, 5) is 2.62. The second-order valence-corrected chi connectivity index (χ2v) is 4.62. The molecule has 0 aromatic carbocycles. The third-order valence-electron chi connectivity index (χ3n) is 3.60. The summed E-state index contributed by atoms with van der Waals surface area (Å²) in [6.45, 7) is 3.34. The molecule has 2 rings (SSSR count). The predicted octanol–water partition coefficient (Wildman–Crippen LogP) is 1.61. The Balaban J connectivity index is 1.76. The molecule has 0 radical (unpaired) electrons. The smallest absolute Gasteiger partial charge is 0.0110 e. The average molecular weight is 182 g/mol. The van der Waals surface area contributed by atoms with Crippen molar-refractivity contribution >= 4 is 0 Å². The van der Waals surface area contributed by atoms with Gasteiger partial charge in [0.05, 0.1) is 0 Å². The van der Waals surface area contributed by atoms with Gasteiger partial charge in [0, 0.05) is 18.1 Å². The standard InChI is InChI=1S/C11H22N2/c1-3-12-9-4-5-11(8-9)13(2)10-6-7-10/h9-12H,3-8H2,1-2H3. The first kappa shape index (κ1) is 9.47. The van der Waals surface area contributed by atoms with E-state index in [1.165, 1.54) is 32.1 Å². The van der Waals surface area contributed by atoms with Crippen LogP contribution in [0.2, 0.25) is 0 Å². The minimum atomic E-state index is 0.802. The van der Waals surface area contributed by atoms with E-state index in [4.69, 9.17) is 0 Å². The first-order valence-electron chi connectivity index (χ1n) is 5.76. The van der Waals surface area contributed by atoms with Crippen molar-refractivity contribution in [2.24, 2.45) is 0 Å². The van der Waals surface area contributed by atoms with Crippen molar-refractivity contribution in [3.05, 3.63) is 0 Å². The molecule has 0 heterocycles. The van der Waals surface area contributed by atoms with E-state index in [1.54, 1.807) is 0 Å². The lowest BCUT2D eigenvalue weighted by Crippen LogP contribution is -2.34. The molecule has 2 aliphatic rings. The van der Waals surface area contributed by atoms with Gasteiger partial charge in [-0.3, -0.25) is 0 Å². The maximum Gasteiger partial charge on any atom is 0.0110 e. The van der Waals surface area contributed by atoms with Crippen LogP contribution in [0.15, 0.2) is 0 Å². The molecule has 2 fully saturated rings. The number of rotatable bonds is 4. The Hall–Kier alpha value is -0.0800. The Kier molecular flexibility index (Phi) is 2.89. The molecule has 0 aliphatic heterocycles. The summed E-state index contributed by atoms with van der Waals surface area (Å²) in [5.41, 5.74) is 0. The first-order chi connectivity index (χ1) is 6.31. The Morgan fingerprint density at radius 3 is 2.46 bits per heavy atom. The summed E-state index contributed by atoms with van der Waals surface area (Å²) in [7, 11) is 2.32. The molecule has 13 heavy (non-hydrogen) atoms. The van der Waals surface area contributed by atoms with Gasteiger partial charge in [-0.1, -0.05) is 6.92 Å². The highest BCUT2D eigenvalue weighted by atomic mass is 15.2. The maximum atomic E-state index is 3.56. The molecular formula is C11H22N2. The molecule has 0 bridgehead atoms. The summed E-state index contributed by atoms with van der Waals surface area (Å²) < 4.78 is 0. The lowest BCUT2D eigenvalue weighted by atomic mass is 10.2. The summed E-state index contributed by atoms with van der Waals surface area (Å²) >= 11 is 0. The van der Waals surface area contributed by atoms with Gasteiger partial charge in [-0.25, -0.2) is 0 Å². The average Bonchev–Trinajstić information content (AvgIpc) is 2.87. The van der Waals surface area contributed by atoms with Gasteiger partial charge in [0.2, 0.25) is 0 Å². The molecule has 2 saturated carbocycles. The van der Waals surface area contributed by atoms with Crippen molar-refractivity contribution in [1.82, 2.24) is 10.2 Å². The molecular weight excluding hydrogens is 160 g/mol. The van der Waals surface area contributed by atoms with Crippen LogP contribution < -0.4 is 5.32 Å². The van der Waals surface area contributed by atoms with Crippen molar-refractivity contribution in [2.45, 2.75) is 57.2 Å². The monoisotopic (exact) mass is 182 g/mol. The minimum absolute atomic E-state index is 0.802. The van der Waals surface area contributed by atoms with Crippen LogP contribution in [0, 0.1) is 0 Å². The van der Waals surface area contributed by atoms with E-state index in [2.05, 4.69) is 24.2 Å². The zero-order valence-corrected chi connectivity index (χ0v) is 8.92. The lowest BCUT2D eigenvalue weighted by Gasteiger charge is -2.24. The maximum absolute atomic E-state index is 3.56. The van der Waals surface area contributed by atoms with Crippen molar-refractivity contribution in [1.29, 1.82) is 0 Å². The molecule has 2 atom stereocenters. The van der Waals surface area contributed by atoms with E-state index in [9.17, 15) is 0 Å². The number of hydrogen-bond acceptors (Lipinski definition) is 2. The van der Waals surface area contributed by atoms with Gasteiger partial charge in [-0.2, -0.15) is 0 Å². The van der Waals surface area contributed by atoms with E-state index in [-0.39, 0.29) is 0 Å². The van der Waals surface area contributed by atoms with E-state index < -0.39 is 0 Å². The van der Waals surface area contributed by atoms with Crippen LogP contribution in [0.5, 0.6) is 0 Å². The van der Waals surface area contributed by atoms with Gasteiger partial charge in [0.1, 0.15) is 0 Å². The van der Waals surface area contributed by atoms with Gasteiger partial charge in [0.25, 0.3) is 0 Å². The second kappa shape index (κ2) is 3.97. The SMILES string of the molecule is CCNC1CCC(N(C)C2CC2)C1. The molecule has 2 unspecified atom stereocenters. The molecule has 0 saturated heterocycles. The zero-order chi connectivity index (χ0) is 9.26. The third kappa shape index (κ3) is 2.23. The van der Waals surface area contributed by atoms with Crippen LogP contribution in [-0.4, -0.2) is 36.6 Å². The Bertz CT molecular complexity index is 165. The van der Waals surface area contributed by atoms with Crippen LogP contribution >= 0.6 is 0 Å². The van der Waals surface area contributed by atoms with Gasteiger partial charge >= 0.3 is 0 Å². The van der Waals surface area contributed by atoms with E-state index in [0.29, 0.717) is 0 Å². The van der Waals surface area contributed by atoms with Crippen molar-refractivity contribution in [3.8, 4) is 0 Å². The lowest BCUT2D eigenvalue weighted by molar-refractivity contribution is 0.232. The zero-order valence-electron chi connectivity index (χ0n) is 8.92. The summed E-state index contributed by atoms with van der Waals surface area (Å²) in [6, 6.07) is 2.61. The van der Waals surface area contributed by atoms with Gasteiger partial charge in [0.15, 0.2) is 0 Å². The first-order valence-corrected chi connectivity index (χ1v) is 5.76. The minimum Gasteiger partial charge on any atom is -0.314 e. The number of nitrogens with zero attached hydrogens (tertiary/aromatic N) is 1. The van der Waals surface area contributed by atoms with Crippen LogP contribution in [0.1, 0.15) is 39.0 Å². The highest BCUT2D eigenvalue weighted by Crippen LogP contribution is 2.32. The van der Waals surface area contributed by atoms with E-state index >= 15 is 0 Å². The molecule has 0 amide bonds. The van der Waals surface area contributed by atoms with Crippen molar-refractivity contribution in [3.63, 3.8) is 0 Å². The fourth-order valence-corrected chi connectivity index (χ4v) is 2.58. The summed E-state index contributed by atoms with van der Waals surface area (Å²) in [5, 5.41) is 3.56. The summed E-state index contributed by atoms with van der Waals surface area (Å²) in [5.74, 6) is 0.